The summed E-state index contributed by atoms with van der Waals surface area (Å²) in [6.45, 7) is 3.63. The van der Waals surface area contributed by atoms with E-state index in [4.69, 9.17) is 11.6 Å². The summed E-state index contributed by atoms with van der Waals surface area (Å²) in [7, 11) is 0. The normalized spacial score (nSPS) is 22.5. The van der Waals surface area contributed by atoms with E-state index in [-0.39, 0.29) is 5.91 Å². The molecule has 2 N–H and O–H groups in total. The van der Waals surface area contributed by atoms with Crippen LogP contribution in [0.5, 0.6) is 0 Å². The second-order valence-corrected chi connectivity index (χ2v) is 6.14. The molecule has 2 rings (SSSR count). The molecule has 3 nitrogen and oxygen atoms in total. The van der Waals surface area contributed by atoms with Crippen LogP contribution in [0, 0.1) is 11.8 Å². The smallest absolute Gasteiger partial charge is 0.238 e. The quantitative estimate of drug-likeness (QED) is 0.869. The average molecular weight is 295 g/mol. The number of carbonyl (C=O) groups excluding carboxylic acids is 1. The fraction of sp³-hybridized carbons (Fsp3) is 0.562. The molecule has 1 aromatic carbocycles. The third kappa shape index (κ3) is 4.80. The molecule has 0 bridgehead atoms. The SMILES string of the molecule is CC1CCCCC1CNCC(=O)Nc1ccc(Cl)cc1. The number of carbonyl (C=O) groups is 1. The Morgan fingerprint density at radius 2 is 1.95 bits per heavy atom. The number of rotatable bonds is 5. The van der Waals surface area contributed by atoms with Crippen molar-refractivity contribution in [2.45, 2.75) is 32.6 Å². The Balaban J connectivity index is 1.68. The summed E-state index contributed by atoms with van der Waals surface area (Å²) in [6.07, 6.45) is 5.29. The van der Waals surface area contributed by atoms with Gasteiger partial charge in [-0.25, -0.2) is 0 Å². The predicted octanol–water partition coefficient (Wildman–Crippen LogP) is 3.69. The zero-order chi connectivity index (χ0) is 14.4. The molecule has 4 heteroatoms. The van der Waals surface area contributed by atoms with Crippen LogP contribution in [0.2, 0.25) is 5.02 Å². The van der Waals surface area contributed by atoms with Gasteiger partial charge in [0.2, 0.25) is 5.91 Å². The molecule has 110 valence electrons. The lowest BCUT2D eigenvalue weighted by atomic mass is 9.80. The standard InChI is InChI=1S/C16H23ClN2O/c1-12-4-2-3-5-13(12)10-18-11-16(20)19-15-8-6-14(17)7-9-15/h6-9,12-13,18H,2-5,10-11H2,1H3,(H,19,20). The Labute approximate surface area is 126 Å². The lowest BCUT2D eigenvalue weighted by Crippen LogP contribution is -2.34. The van der Waals surface area contributed by atoms with Crippen molar-refractivity contribution >= 4 is 23.2 Å². The highest BCUT2D eigenvalue weighted by Crippen LogP contribution is 2.28. The van der Waals surface area contributed by atoms with Crippen LogP contribution in [0.25, 0.3) is 0 Å². The molecular weight excluding hydrogens is 272 g/mol. The predicted molar refractivity (Wildman–Crippen MR) is 84.1 cm³/mol. The molecule has 0 aromatic heterocycles. The fourth-order valence-electron chi connectivity index (χ4n) is 2.81. The fourth-order valence-corrected chi connectivity index (χ4v) is 2.93. The molecule has 1 aliphatic rings. The van der Waals surface area contributed by atoms with Gasteiger partial charge in [0.1, 0.15) is 0 Å². The molecular formula is C16H23ClN2O. The van der Waals surface area contributed by atoms with Crippen LogP contribution in [0.3, 0.4) is 0 Å². The van der Waals surface area contributed by atoms with Crippen molar-refractivity contribution in [3.8, 4) is 0 Å². The van der Waals surface area contributed by atoms with E-state index < -0.39 is 0 Å². The number of hydrogen-bond acceptors (Lipinski definition) is 2. The summed E-state index contributed by atoms with van der Waals surface area (Å²) in [5, 5.41) is 6.81. The van der Waals surface area contributed by atoms with Crippen molar-refractivity contribution in [1.82, 2.24) is 5.32 Å². The number of nitrogens with one attached hydrogen (secondary N) is 2. The second-order valence-electron chi connectivity index (χ2n) is 5.71. The Morgan fingerprint density at radius 3 is 2.65 bits per heavy atom. The van der Waals surface area contributed by atoms with Gasteiger partial charge in [0, 0.05) is 10.7 Å². The molecule has 2 atom stereocenters. The second kappa shape index (κ2) is 7.65. The third-order valence-corrected chi connectivity index (χ3v) is 4.36. The van der Waals surface area contributed by atoms with Crippen molar-refractivity contribution in [1.29, 1.82) is 0 Å². The molecule has 1 saturated carbocycles. The molecule has 1 aromatic rings. The Bertz CT molecular complexity index is 433. The van der Waals surface area contributed by atoms with Crippen LogP contribution in [0.15, 0.2) is 24.3 Å². The minimum absolute atomic E-state index is 0.00390. The van der Waals surface area contributed by atoms with Gasteiger partial charge in [-0.1, -0.05) is 37.8 Å². The lowest BCUT2D eigenvalue weighted by Gasteiger charge is -2.28. The van der Waals surface area contributed by atoms with Crippen molar-refractivity contribution < 1.29 is 4.79 Å². The first-order chi connectivity index (χ1) is 9.65. The summed E-state index contributed by atoms with van der Waals surface area (Å²) in [5.74, 6) is 1.48. The number of amides is 1. The van der Waals surface area contributed by atoms with Crippen LogP contribution in [0.1, 0.15) is 32.6 Å². The average Bonchev–Trinajstić information content (AvgIpc) is 2.43. The van der Waals surface area contributed by atoms with E-state index >= 15 is 0 Å². The number of anilines is 1. The summed E-state index contributed by atoms with van der Waals surface area (Å²) < 4.78 is 0. The minimum Gasteiger partial charge on any atom is -0.325 e. The molecule has 20 heavy (non-hydrogen) atoms. The molecule has 1 fully saturated rings. The van der Waals surface area contributed by atoms with Crippen molar-refractivity contribution in [2.24, 2.45) is 11.8 Å². The first-order valence-electron chi connectivity index (χ1n) is 7.41. The van der Waals surface area contributed by atoms with E-state index in [9.17, 15) is 4.79 Å². The van der Waals surface area contributed by atoms with Crippen LogP contribution in [-0.4, -0.2) is 19.0 Å². The maximum atomic E-state index is 11.8. The van der Waals surface area contributed by atoms with Gasteiger partial charge in [0.25, 0.3) is 0 Å². The Kier molecular flexibility index (Phi) is 5.86. The van der Waals surface area contributed by atoms with Gasteiger partial charge in [0.15, 0.2) is 0 Å². The van der Waals surface area contributed by atoms with Gasteiger partial charge >= 0.3 is 0 Å². The van der Waals surface area contributed by atoms with E-state index in [1.54, 1.807) is 12.1 Å². The molecule has 0 spiro atoms. The van der Waals surface area contributed by atoms with Gasteiger partial charge in [-0.05, 0) is 49.1 Å². The lowest BCUT2D eigenvalue weighted by molar-refractivity contribution is -0.115. The van der Waals surface area contributed by atoms with Crippen molar-refractivity contribution in [2.75, 3.05) is 18.4 Å². The van der Waals surface area contributed by atoms with Gasteiger partial charge in [-0.2, -0.15) is 0 Å². The zero-order valence-corrected chi connectivity index (χ0v) is 12.7. The molecule has 0 saturated heterocycles. The van der Waals surface area contributed by atoms with Crippen LogP contribution >= 0.6 is 11.6 Å². The molecule has 0 heterocycles. The highest BCUT2D eigenvalue weighted by molar-refractivity contribution is 6.30. The Hall–Kier alpha value is -1.06. The molecule has 0 radical (unpaired) electrons. The number of halogens is 1. The van der Waals surface area contributed by atoms with E-state index in [2.05, 4.69) is 17.6 Å². The summed E-state index contributed by atoms with van der Waals surface area (Å²) >= 11 is 5.81. The molecule has 1 aliphatic carbocycles. The van der Waals surface area contributed by atoms with Gasteiger partial charge in [0.05, 0.1) is 6.54 Å². The summed E-state index contributed by atoms with van der Waals surface area (Å²) in [6, 6.07) is 7.16. The number of benzene rings is 1. The first-order valence-corrected chi connectivity index (χ1v) is 7.79. The Morgan fingerprint density at radius 1 is 1.25 bits per heavy atom. The van der Waals surface area contributed by atoms with E-state index in [1.807, 2.05) is 12.1 Å². The van der Waals surface area contributed by atoms with Gasteiger partial charge in [-0.3, -0.25) is 4.79 Å². The molecule has 2 unspecified atom stereocenters. The summed E-state index contributed by atoms with van der Waals surface area (Å²) in [5.41, 5.74) is 0.784. The summed E-state index contributed by atoms with van der Waals surface area (Å²) in [4.78, 5) is 11.8. The van der Waals surface area contributed by atoms with Gasteiger partial charge in [-0.15, -0.1) is 0 Å². The highest BCUT2D eigenvalue weighted by atomic mass is 35.5. The largest absolute Gasteiger partial charge is 0.325 e. The van der Waals surface area contributed by atoms with E-state index in [0.717, 1.165) is 18.2 Å². The van der Waals surface area contributed by atoms with Crippen molar-refractivity contribution in [3.05, 3.63) is 29.3 Å². The van der Waals surface area contributed by atoms with E-state index in [0.29, 0.717) is 17.5 Å². The maximum absolute atomic E-state index is 11.8. The third-order valence-electron chi connectivity index (χ3n) is 4.11. The van der Waals surface area contributed by atoms with E-state index in [1.165, 1.54) is 25.7 Å². The zero-order valence-electron chi connectivity index (χ0n) is 12.0. The molecule has 0 aliphatic heterocycles. The highest BCUT2D eigenvalue weighted by Gasteiger charge is 2.20. The topological polar surface area (TPSA) is 41.1 Å². The minimum atomic E-state index is -0.00390. The van der Waals surface area contributed by atoms with Crippen LogP contribution in [-0.2, 0) is 4.79 Å². The van der Waals surface area contributed by atoms with Gasteiger partial charge < -0.3 is 10.6 Å². The monoisotopic (exact) mass is 294 g/mol. The maximum Gasteiger partial charge on any atom is 0.238 e. The number of hydrogen-bond donors (Lipinski definition) is 2. The van der Waals surface area contributed by atoms with Crippen LogP contribution in [0.4, 0.5) is 5.69 Å². The molecule has 1 amide bonds. The van der Waals surface area contributed by atoms with Crippen LogP contribution < -0.4 is 10.6 Å². The van der Waals surface area contributed by atoms with Crippen molar-refractivity contribution in [3.63, 3.8) is 0 Å². The first kappa shape index (κ1) is 15.3.